The minimum absolute atomic E-state index is 0.0306. The zero-order valence-corrected chi connectivity index (χ0v) is 17.1. The van der Waals surface area contributed by atoms with Gasteiger partial charge < -0.3 is 13.8 Å². The summed E-state index contributed by atoms with van der Waals surface area (Å²) in [4.78, 5) is 4.06. The number of nitrogens with zero attached hydrogens (tertiary/aromatic N) is 3. The van der Waals surface area contributed by atoms with Crippen molar-refractivity contribution in [3.8, 4) is 5.75 Å². The molecular weight excluding hydrogens is 422 g/mol. The zero-order valence-electron chi connectivity index (χ0n) is 14.7. The Morgan fingerprint density at radius 3 is 2.36 bits per heavy atom. The van der Waals surface area contributed by atoms with Crippen LogP contribution < -0.4 is 4.74 Å². The summed E-state index contributed by atoms with van der Waals surface area (Å²) in [6.07, 6.45) is 7.02. The third kappa shape index (κ3) is 4.94. The van der Waals surface area contributed by atoms with E-state index in [4.69, 9.17) is 4.74 Å². The van der Waals surface area contributed by atoms with Gasteiger partial charge >= 0.3 is 0 Å². The van der Waals surface area contributed by atoms with E-state index in [1.54, 1.807) is 17.5 Å². The molecule has 2 aromatic rings. The average Bonchev–Trinajstić information content (AvgIpc) is 3.15. The summed E-state index contributed by atoms with van der Waals surface area (Å²) in [6.45, 7) is 2.32. The van der Waals surface area contributed by atoms with Crippen molar-refractivity contribution in [2.45, 2.75) is 11.8 Å². The van der Waals surface area contributed by atoms with E-state index in [9.17, 15) is 17.5 Å². The quantitative estimate of drug-likeness (QED) is 0.687. The number of thiazole rings is 1. The van der Waals surface area contributed by atoms with Gasteiger partial charge in [0.15, 0.2) is 0 Å². The number of sulfonamides is 1. The van der Waals surface area contributed by atoms with E-state index in [2.05, 4.69) is 13.7 Å². The van der Waals surface area contributed by atoms with Crippen molar-refractivity contribution in [2.24, 2.45) is 8.76 Å². The lowest BCUT2D eigenvalue weighted by molar-refractivity contribution is 0.340. The lowest BCUT2D eigenvalue weighted by Gasteiger charge is -2.08. The van der Waals surface area contributed by atoms with E-state index >= 15 is 0 Å². The normalized spacial score (nSPS) is 14.2. The molecule has 1 aromatic carbocycles. The van der Waals surface area contributed by atoms with Crippen LogP contribution in [0.2, 0.25) is 0 Å². The monoisotopic (exact) mass is 439 g/mol. The molecule has 1 heterocycles. The molecule has 0 amide bonds. The van der Waals surface area contributed by atoms with Crippen LogP contribution in [0, 0.1) is 0 Å². The zero-order chi connectivity index (χ0) is 20.2. The Balaban J connectivity index is 1.87. The second-order valence-corrected chi connectivity index (χ2v) is 9.56. The maximum atomic E-state index is 12.4. The maximum Gasteiger partial charge on any atom is 0.282 e. The number of rotatable bonds is 5. The predicted molar refractivity (Wildman–Crippen MR) is 112 cm³/mol. The Labute approximate surface area is 167 Å². The minimum Gasteiger partial charge on any atom is -0.494 e. The van der Waals surface area contributed by atoms with Crippen LogP contribution in [-0.4, -0.2) is 39.7 Å². The number of ether oxygens (including phenoxy) is 1. The maximum absolute atomic E-state index is 12.4. The first-order valence-electron chi connectivity index (χ1n) is 8.02. The molecule has 1 aliphatic carbocycles. The van der Waals surface area contributed by atoms with Crippen molar-refractivity contribution in [1.82, 2.24) is 4.98 Å². The van der Waals surface area contributed by atoms with Crippen molar-refractivity contribution in [3.05, 3.63) is 60.1 Å². The highest BCUT2D eigenvalue weighted by atomic mass is 32.2. The number of hydrogen-bond acceptors (Lipinski definition) is 6. The Kier molecular flexibility index (Phi) is 6.10. The molecule has 1 aromatic heterocycles. The highest BCUT2D eigenvalue weighted by Gasteiger charge is 2.15. The summed E-state index contributed by atoms with van der Waals surface area (Å²) in [5.41, 5.74) is 0.155. The van der Waals surface area contributed by atoms with Gasteiger partial charge in [0.1, 0.15) is 15.7 Å². The number of aromatic nitrogens is 1. The highest BCUT2D eigenvalue weighted by Crippen LogP contribution is 2.20. The molecular formula is C17H17N3O5S3. The molecule has 2 N–H and O–H groups in total. The van der Waals surface area contributed by atoms with Crippen molar-refractivity contribution in [2.75, 3.05) is 6.61 Å². The van der Waals surface area contributed by atoms with Gasteiger partial charge in [-0.05, 0) is 55.5 Å². The molecule has 3 rings (SSSR count). The third-order valence-electron chi connectivity index (χ3n) is 3.44. The van der Waals surface area contributed by atoms with E-state index in [0.29, 0.717) is 12.4 Å². The molecule has 0 fully saturated rings. The molecule has 0 radical (unpaired) electrons. The first-order chi connectivity index (χ1) is 13.3. The van der Waals surface area contributed by atoms with E-state index in [0.717, 1.165) is 0 Å². The van der Waals surface area contributed by atoms with E-state index in [-0.39, 0.29) is 20.6 Å². The van der Waals surface area contributed by atoms with Gasteiger partial charge in [-0.15, -0.1) is 11.3 Å². The number of hydrogen-bond donors (Lipinski definition) is 2. The molecule has 0 bridgehead atoms. The average molecular weight is 440 g/mol. The van der Waals surface area contributed by atoms with Crippen molar-refractivity contribution >= 4 is 47.0 Å². The largest absolute Gasteiger partial charge is 0.494 e. The fourth-order valence-electron chi connectivity index (χ4n) is 2.18. The minimum atomic E-state index is -3.91. The van der Waals surface area contributed by atoms with Crippen LogP contribution in [0.4, 0.5) is 5.13 Å². The van der Waals surface area contributed by atoms with Crippen LogP contribution in [-0.2, 0) is 20.0 Å². The van der Waals surface area contributed by atoms with Crippen LogP contribution in [0.5, 0.6) is 5.75 Å². The second-order valence-electron chi connectivity index (χ2n) is 5.39. The number of allylic oxidation sites excluding steroid dienone is 4. The molecule has 0 saturated carbocycles. The van der Waals surface area contributed by atoms with E-state index in [1.165, 1.54) is 54.0 Å². The van der Waals surface area contributed by atoms with E-state index < -0.39 is 20.0 Å². The van der Waals surface area contributed by atoms with Crippen LogP contribution in [0.15, 0.2) is 73.8 Å². The molecule has 148 valence electrons. The summed E-state index contributed by atoms with van der Waals surface area (Å²) in [7, 11) is -7.35. The SMILES string of the molecule is CCOc1ccc(S(=O)(=O)N=C2C=CC(=S(O)(O)=Nc3nccs3)C=C2)cc1. The van der Waals surface area contributed by atoms with Crippen molar-refractivity contribution < 1.29 is 22.3 Å². The van der Waals surface area contributed by atoms with Crippen LogP contribution >= 0.6 is 11.3 Å². The van der Waals surface area contributed by atoms with Gasteiger partial charge in [-0.25, -0.2) is 4.98 Å². The standard InChI is InChI=1S/C17H17N3O5S3/c1-2-25-14-5-9-16(10-6-14)27(21,22)19-13-3-7-15(8-4-13)28(23,24)20-17-18-11-12-26-17/h3-12H,2H2,1H3,(H2,18,20,23,24). The highest BCUT2D eigenvalue weighted by molar-refractivity contribution is 7.95. The first kappa shape index (κ1) is 20.4. The molecule has 11 heteroatoms. The van der Waals surface area contributed by atoms with Gasteiger partial charge in [0, 0.05) is 11.6 Å². The Bertz CT molecular complexity index is 1140. The lowest BCUT2D eigenvalue weighted by Crippen LogP contribution is -2.12. The van der Waals surface area contributed by atoms with Gasteiger partial charge in [0.05, 0.1) is 22.1 Å². The van der Waals surface area contributed by atoms with Gasteiger partial charge in [0.2, 0.25) is 5.13 Å². The molecule has 8 nitrogen and oxygen atoms in total. The van der Waals surface area contributed by atoms with E-state index in [1.807, 2.05) is 6.92 Å². The van der Waals surface area contributed by atoms with Crippen LogP contribution in [0.25, 0.3) is 0 Å². The van der Waals surface area contributed by atoms with Crippen molar-refractivity contribution in [1.29, 1.82) is 0 Å². The second kappa shape index (κ2) is 8.37. The molecule has 0 atom stereocenters. The fraction of sp³-hybridized carbons (Fsp3) is 0.118. The number of benzene rings is 1. The smallest absolute Gasteiger partial charge is 0.282 e. The Morgan fingerprint density at radius 1 is 1.11 bits per heavy atom. The Morgan fingerprint density at radius 2 is 1.79 bits per heavy atom. The summed E-state index contributed by atoms with van der Waals surface area (Å²) in [5, 5.41) is 1.91. The van der Waals surface area contributed by atoms with Gasteiger partial charge in [-0.3, -0.25) is 0 Å². The summed E-state index contributed by atoms with van der Waals surface area (Å²) < 4.78 is 58.2. The van der Waals surface area contributed by atoms with Gasteiger partial charge in [-0.1, -0.05) is 0 Å². The molecule has 28 heavy (non-hydrogen) atoms. The van der Waals surface area contributed by atoms with Crippen LogP contribution in [0.3, 0.4) is 0 Å². The van der Waals surface area contributed by atoms with Gasteiger partial charge in [0.25, 0.3) is 10.0 Å². The summed E-state index contributed by atoms with van der Waals surface area (Å²) in [5.74, 6) is 0.569. The van der Waals surface area contributed by atoms with Crippen LogP contribution in [0.1, 0.15) is 6.92 Å². The molecule has 0 saturated heterocycles. The predicted octanol–water partition coefficient (Wildman–Crippen LogP) is 3.59. The molecule has 1 aliphatic rings. The first-order valence-corrected chi connectivity index (χ1v) is 11.8. The third-order valence-corrected chi connectivity index (χ3v) is 6.87. The lowest BCUT2D eigenvalue weighted by atomic mass is 10.2. The molecule has 0 aliphatic heterocycles. The molecule has 0 spiro atoms. The fourth-order valence-corrected chi connectivity index (χ4v) is 4.88. The Hall–Kier alpha value is -2.31. The molecule has 0 unspecified atom stereocenters. The van der Waals surface area contributed by atoms with Gasteiger partial charge in [-0.2, -0.15) is 17.2 Å². The summed E-state index contributed by atoms with van der Waals surface area (Å²) in [6, 6.07) is 5.96. The topological polar surface area (TPSA) is 121 Å². The van der Waals surface area contributed by atoms with Crippen molar-refractivity contribution in [3.63, 3.8) is 0 Å². The summed E-state index contributed by atoms with van der Waals surface area (Å²) >= 11 is 1.17.